The van der Waals surface area contributed by atoms with Crippen LogP contribution in [-0.4, -0.2) is 90.1 Å². The Balaban J connectivity index is 1.42. The van der Waals surface area contributed by atoms with E-state index in [1.807, 2.05) is 0 Å². The van der Waals surface area contributed by atoms with Gasteiger partial charge in [-0.15, -0.1) is 16.4 Å². The number of nitrogens with one attached hydrogen (secondary N) is 2. The molecular formula is C17H21ClN6O5S2. The minimum Gasteiger partial charge on any atom is -0.378 e. The summed E-state index contributed by atoms with van der Waals surface area (Å²) in [4.78, 5) is 33.2. The van der Waals surface area contributed by atoms with E-state index >= 15 is 0 Å². The second-order valence-electron chi connectivity index (χ2n) is 7.18. The summed E-state index contributed by atoms with van der Waals surface area (Å²) in [7, 11) is -4.14. The maximum Gasteiger partial charge on any atom is 0.282 e. The zero-order chi connectivity index (χ0) is 22.2. The number of sulfonamides is 1. The Morgan fingerprint density at radius 2 is 2.10 bits per heavy atom. The Labute approximate surface area is 187 Å². The Kier molecular flexibility index (Phi) is 6.30. The molecule has 2 fully saturated rings. The first kappa shape index (κ1) is 22.1. The molecule has 31 heavy (non-hydrogen) atoms. The van der Waals surface area contributed by atoms with Gasteiger partial charge in [-0.3, -0.25) is 14.7 Å². The second kappa shape index (κ2) is 8.82. The van der Waals surface area contributed by atoms with Crippen molar-refractivity contribution in [1.82, 2.24) is 29.7 Å². The number of carbonyl (C=O) groups is 2. The van der Waals surface area contributed by atoms with Crippen molar-refractivity contribution in [2.45, 2.75) is 30.6 Å². The molecule has 0 radical (unpaired) electrons. The summed E-state index contributed by atoms with van der Waals surface area (Å²) in [5, 5.41) is 5.87. The summed E-state index contributed by atoms with van der Waals surface area (Å²) in [5.41, 5.74) is 0. The van der Waals surface area contributed by atoms with Crippen LogP contribution in [0.4, 0.5) is 0 Å². The van der Waals surface area contributed by atoms with Crippen LogP contribution in [0.1, 0.15) is 13.3 Å². The van der Waals surface area contributed by atoms with Crippen LogP contribution < -0.4 is 4.72 Å². The molecule has 2 aliphatic heterocycles. The van der Waals surface area contributed by atoms with Crippen LogP contribution in [0.25, 0.3) is 10.7 Å². The van der Waals surface area contributed by atoms with Gasteiger partial charge in [-0.25, -0.2) is 8.42 Å². The van der Waals surface area contributed by atoms with Gasteiger partial charge >= 0.3 is 0 Å². The van der Waals surface area contributed by atoms with E-state index in [0.717, 1.165) is 0 Å². The van der Waals surface area contributed by atoms with Gasteiger partial charge in [0.15, 0.2) is 5.82 Å². The molecule has 2 amide bonds. The van der Waals surface area contributed by atoms with E-state index in [9.17, 15) is 18.0 Å². The van der Waals surface area contributed by atoms with Gasteiger partial charge in [-0.05, 0) is 25.5 Å². The van der Waals surface area contributed by atoms with E-state index in [0.29, 0.717) is 35.5 Å². The number of nitrogens with zero attached hydrogens (tertiary/aromatic N) is 4. The van der Waals surface area contributed by atoms with Crippen LogP contribution in [-0.2, 0) is 24.3 Å². The molecule has 2 aromatic heterocycles. The summed E-state index contributed by atoms with van der Waals surface area (Å²) >= 11 is 7.13. The fourth-order valence-electron chi connectivity index (χ4n) is 3.54. The first-order valence-corrected chi connectivity index (χ1v) is 12.3. The molecular weight excluding hydrogens is 468 g/mol. The zero-order valence-corrected chi connectivity index (χ0v) is 19.0. The first-order valence-electron chi connectivity index (χ1n) is 9.64. The molecule has 14 heteroatoms. The summed E-state index contributed by atoms with van der Waals surface area (Å²) in [6.45, 7) is 3.81. The highest BCUT2D eigenvalue weighted by Crippen LogP contribution is 2.29. The third-order valence-corrected chi connectivity index (χ3v) is 7.69. The quantitative estimate of drug-likeness (QED) is 0.596. The number of aromatic nitrogens is 3. The van der Waals surface area contributed by atoms with Crippen molar-refractivity contribution in [3.63, 3.8) is 0 Å². The van der Waals surface area contributed by atoms with E-state index in [4.69, 9.17) is 16.3 Å². The molecule has 2 aromatic rings. The van der Waals surface area contributed by atoms with Crippen LogP contribution in [0.2, 0.25) is 4.34 Å². The molecule has 0 aromatic carbocycles. The maximum atomic E-state index is 12.8. The molecule has 0 spiro atoms. The highest BCUT2D eigenvalue weighted by molar-refractivity contribution is 7.89. The summed E-state index contributed by atoms with van der Waals surface area (Å²) in [6.07, 6.45) is 0.247. The van der Waals surface area contributed by atoms with Crippen molar-refractivity contribution in [3.8, 4) is 10.7 Å². The van der Waals surface area contributed by atoms with Crippen molar-refractivity contribution in [3.05, 3.63) is 16.5 Å². The van der Waals surface area contributed by atoms with Crippen molar-refractivity contribution in [1.29, 1.82) is 0 Å². The number of aromatic amines is 1. The maximum absolute atomic E-state index is 12.8. The second-order valence-corrected chi connectivity index (χ2v) is 10.5. The van der Waals surface area contributed by atoms with Gasteiger partial charge in [0.2, 0.25) is 11.8 Å². The molecule has 11 nitrogen and oxygen atoms in total. The summed E-state index contributed by atoms with van der Waals surface area (Å²) in [5.74, 6) is -0.353. The van der Waals surface area contributed by atoms with Gasteiger partial charge in [-0.2, -0.15) is 9.71 Å². The fourth-order valence-corrected chi connectivity index (χ4v) is 5.59. The predicted molar refractivity (Wildman–Crippen MR) is 112 cm³/mol. The summed E-state index contributed by atoms with van der Waals surface area (Å²) in [6, 6.07) is 1.70. The average Bonchev–Trinajstić information content (AvgIpc) is 3.49. The van der Waals surface area contributed by atoms with Crippen molar-refractivity contribution < 1.29 is 22.7 Å². The van der Waals surface area contributed by atoms with Gasteiger partial charge in [0.25, 0.3) is 15.2 Å². The number of halogens is 1. The lowest BCUT2D eigenvalue weighted by Gasteiger charge is -2.32. The number of hydrogen-bond acceptors (Lipinski definition) is 8. The van der Waals surface area contributed by atoms with Gasteiger partial charge in [0.05, 0.1) is 22.4 Å². The SMILES string of the molecule is C[C@@H](C(=O)N1CCOCC1)N1CC[C@H](NS(=O)(=O)c2n[nH]c(-c3ccc(Cl)s3)n2)C1=O. The molecule has 0 unspecified atom stereocenters. The van der Waals surface area contributed by atoms with Crippen LogP contribution >= 0.6 is 22.9 Å². The highest BCUT2D eigenvalue weighted by Gasteiger charge is 2.40. The van der Waals surface area contributed by atoms with E-state index in [1.165, 1.54) is 16.2 Å². The zero-order valence-electron chi connectivity index (χ0n) is 16.6. The van der Waals surface area contributed by atoms with Gasteiger partial charge in [0, 0.05) is 19.6 Å². The normalized spacial score (nSPS) is 21.0. The minimum atomic E-state index is -4.14. The first-order chi connectivity index (χ1) is 14.8. The lowest BCUT2D eigenvalue weighted by Crippen LogP contribution is -2.52. The monoisotopic (exact) mass is 488 g/mol. The van der Waals surface area contributed by atoms with E-state index in [-0.39, 0.29) is 24.7 Å². The predicted octanol–water partition coefficient (Wildman–Crippen LogP) is 0.313. The topological polar surface area (TPSA) is 138 Å². The number of carbonyl (C=O) groups excluding carboxylic acids is 2. The molecule has 4 heterocycles. The standard InChI is InChI=1S/C17H21ClN6O5S2/c1-10(15(25)23-6-8-29-9-7-23)24-5-4-11(16(24)26)22-31(27,28)17-19-14(20-21-17)12-2-3-13(18)30-12/h2-3,10-11,22H,4-9H2,1H3,(H,19,20,21)/t10-,11-/m0/s1. The molecule has 2 saturated heterocycles. The lowest BCUT2D eigenvalue weighted by molar-refractivity contribution is -0.146. The number of hydrogen-bond donors (Lipinski definition) is 2. The number of ether oxygens (including phenoxy) is 1. The molecule has 0 bridgehead atoms. The van der Waals surface area contributed by atoms with Gasteiger partial charge in [-0.1, -0.05) is 11.6 Å². The molecule has 2 N–H and O–H groups in total. The van der Waals surface area contributed by atoms with Gasteiger partial charge < -0.3 is 14.5 Å². The number of rotatable bonds is 6. The average molecular weight is 489 g/mol. The Bertz CT molecular complexity index is 1080. The molecule has 168 valence electrons. The Morgan fingerprint density at radius 3 is 2.77 bits per heavy atom. The fraction of sp³-hybridized carbons (Fsp3) is 0.529. The largest absolute Gasteiger partial charge is 0.378 e. The highest BCUT2D eigenvalue weighted by atomic mass is 35.5. The Hall–Kier alpha value is -2.06. The molecule has 2 aliphatic rings. The third kappa shape index (κ3) is 4.60. The number of likely N-dealkylation sites (tertiary alicyclic amines) is 1. The van der Waals surface area contributed by atoms with Crippen LogP contribution in [0.3, 0.4) is 0 Å². The van der Waals surface area contributed by atoms with Crippen molar-refractivity contribution >= 4 is 44.8 Å². The molecule has 2 atom stereocenters. The van der Waals surface area contributed by atoms with Crippen LogP contribution in [0.15, 0.2) is 17.3 Å². The van der Waals surface area contributed by atoms with E-state index in [1.54, 1.807) is 24.0 Å². The number of amides is 2. The number of thiophene rings is 1. The Morgan fingerprint density at radius 1 is 1.35 bits per heavy atom. The van der Waals surface area contributed by atoms with Crippen LogP contribution in [0, 0.1) is 0 Å². The van der Waals surface area contributed by atoms with Crippen molar-refractivity contribution in [2.75, 3.05) is 32.8 Å². The number of H-pyrrole nitrogens is 1. The smallest absolute Gasteiger partial charge is 0.282 e. The molecule has 0 saturated carbocycles. The van der Waals surface area contributed by atoms with Crippen LogP contribution in [0.5, 0.6) is 0 Å². The van der Waals surface area contributed by atoms with E-state index in [2.05, 4.69) is 19.9 Å². The van der Waals surface area contributed by atoms with Gasteiger partial charge in [0.1, 0.15) is 12.1 Å². The lowest BCUT2D eigenvalue weighted by atomic mass is 10.2. The van der Waals surface area contributed by atoms with E-state index < -0.39 is 33.2 Å². The summed E-state index contributed by atoms with van der Waals surface area (Å²) < 4.78 is 33.6. The third-order valence-electron chi connectivity index (χ3n) is 5.20. The molecule has 4 rings (SSSR count). The number of morpholine rings is 1. The minimum absolute atomic E-state index is 0.173. The van der Waals surface area contributed by atoms with Crippen molar-refractivity contribution in [2.24, 2.45) is 0 Å². The molecule has 0 aliphatic carbocycles.